The number of ketones is 1. The van der Waals surface area contributed by atoms with Gasteiger partial charge in [-0.05, 0) is 13.1 Å². The molecule has 0 saturated heterocycles. The van der Waals surface area contributed by atoms with E-state index in [0.717, 1.165) is 31.1 Å². The van der Waals surface area contributed by atoms with E-state index in [0.29, 0.717) is 19.6 Å². The first-order valence-corrected chi connectivity index (χ1v) is 7.48. The SMILES string of the molecule is CCN(CC)CCOc1ccncc1N1C=CCC(=O)C1. The van der Waals surface area contributed by atoms with Crippen LogP contribution in [0.4, 0.5) is 5.69 Å². The Hall–Kier alpha value is -1.88. The first-order valence-electron chi connectivity index (χ1n) is 7.48. The number of nitrogens with zero attached hydrogens (tertiary/aromatic N) is 3. The molecule has 5 nitrogen and oxygen atoms in total. The third kappa shape index (κ3) is 4.29. The normalized spacial score (nSPS) is 14.8. The molecule has 21 heavy (non-hydrogen) atoms. The summed E-state index contributed by atoms with van der Waals surface area (Å²) in [5.41, 5.74) is 0.848. The van der Waals surface area contributed by atoms with E-state index in [4.69, 9.17) is 4.74 Å². The summed E-state index contributed by atoms with van der Waals surface area (Å²) in [6, 6.07) is 1.85. The minimum atomic E-state index is 0.204. The van der Waals surface area contributed by atoms with Gasteiger partial charge in [0.25, 0.3) is 0 Å². The van der Waals surface area contributed by atoms with Crippen LogP contribution in [0, 0.1) is 0 Å². The highest BCUT2D eigenvalue weighted by molar-refractivity contribution is 5.87. The van der Waals surface area contributed by atoms with Crippen LogP contribution >= 0.6 is 0 Å². The van der Waals surface area contributed by atoms with Gasteiger partial charge in [-0.25, -0.2) is 0 Å². The summed E-state index contributed by atoms with van der Waals surface area (Å²) in [5.74, 6) is 0.979. The fraction of sp³-hybridized carbons (Fsp3) is 0.500. The zero-order valence-corrected chi connectivity index (χ0v) is 12.8. The van der Waals surface area contributed by atoms with E-state index in [1.54, 1.807) is 12.4 Å². The first-order chi connectivity index (χ1) is 10.2. The van der Waals surface area contributed by atoms with E-state index in [9.17, 15) is 4.79 Å². The number of rotatable bonds is 7. The van der Waals surface area contributed by atoms with Crippen molar-refractivity contribution in [1.82, 2.24) is 9.88 Å². The van der Waals surface area contributed by atoms with E-state index in [1.165, 1.54) is 0 Å². The Morgan fingerprint density at radius 1 is 1.38 bits per heavy atom. The number of likely N-dealkylation sites (N-methyl/N-ethyl adjacent to an activating group) is 1. The Morgan fingerprint density at radius 3 is 2.90 bits per heavy atom. The molecule has 0 saturated carbocycles. The predicted molar refractivity (Wildman–Crippen MR) is 83.6 cm³/mol. The highest BCUT2D eigenvalue weighted by Crippen LogP contribution is 2.28. The van der Waals surface area contributed by atoms with E-state index >= 15 is 0 Å². The number of allylic oxidation sites excluding steroid dienone is 1. The molecule has 0 bridgehead atoms. The van der Waals surface area contributed by atoms with Gasteiger partial charge in [-0.15, -0.1) is 0 Å². The predicted octanol–water partition coefficient (Wildman–Crippen LogP) is 2.10. The second-order valence-corrected chi connectivity index (χ2v) is 4.97. The molecule has 1 aliphatic heterocycles. The number of anilines is 1. The van der Waals surface area contributed by atoms with Crippen LogP contribution in [-0.4, -0.2) is 48.5 Å². The van der Waals surface area contributed by atoms with Gasteiger partial charge < -0.3 is 14.5 Å². The minimum absolute atomic E-state index is 0.204. The van der Waals surface area contributed by atoms with Crippen LogP contribution in [0.1, 0.15) is 20.3 Å². The molecule has 0 aromatic carbocycles. The molecule has 0 radical (unpaired) electrons. The summed E-state index contributed by atoms with van der Waals surface area (Å²) < 4.78 is 5.89. The number of ether oxygens (including phenoxy) is 1. The van der Waals surface area contributed by atoms with Gasteiger partial charge in [-0.3, -0.25) is 9.78 Å². The molecule has 5 heteroatoms. The Bertz CT molecular complexity index is 498. The molecule has 0 spiro atoms. The number of carbonyl (C=O) groups excluding carboxylic acids is 1. The van der Waals surface area contributed by atoms with Gasteiger partial charge in [0, 0.05) is 31.4 Å². The molecule has 1 aliphatic rings. The summed E-state index contributed by atoms with van der Waals surface area (Å²) in [6.45, 7) is 8.23. The monoisotopic (exact) mass is 289 g/mol. The quantitative estimate of drug-likeness (QED) is 0.769. The molecule has 0 aliphatic carbocycles. The summed E-state index contributed by atoms with van der Waals surface area (Å²) >= 11 is 0. The third-order valence-corrected chi connectivity index (χ3v) is 3.61. The largest absolute Gasteiger partial charge is 0.490 e. The van der Waals surface area contributed by atoms with E-state index in [-0.39, 0.29) is 5.78 Å². The van der Waals surface area contributed by atoms with Crippen LogP contribution in [0.5, 0.6) is 5.75 Å². The number of carbonyl (C=O) groups is 1. The average Bonchev–Trinajstić information content (AvgIpc) is 2.52. The van der Waals surface area contributed by atoms with Crippen LogP contribution < -0.4 is 9.64 Å². The molecule has 114 valence electrons. The van der Waals surface area contributed by atoms with Crippen molar-refractivity contribution in [1.29, 1.82) is 0 Å². The summed E-state index contributed by atoms with van der Waals surface area (Å²) in [4.78, 5) is 19.9. The van der Waals surface area contributed by atoms with Gasteiger partial charge in [0.15, 0.2) is 5.78 Å². The van der Waals surface area contributed by atoms with Crippen LogP contribution in [0.25, 0.3) is 0 Å². The van der Waals surface area contributed by atoms with Crippen molar-refractivity contribution in [3.8, 4) is 5.75 Å². The molecule has 0 fully saturated rings. The van der Waals surface area contributed by atoms with Gasteiger partial charge >= 0.3 is 0 Å². The molecular weight excluding hydrogens is 266 g/mol. The maximum absolute atomic E-state index is 11.6. The minimum Gasteiger partial charge on any atom is -0.490 e. The maximum atomic E-state index is 11.6. The lowest BCUT2D eigenvalue weighted by molar-refractivity contribution is -0.117. The summed E-state index contributed by atoms with van der Waals surface area (Å²) in [7, 11) is 0. The third-order valence-electron chi connectivity index (χ3n) is 3.61. The lowest BCUT2D eigenvalue weighted by Gasteiger charge is -2.25. The standard InChI is InChI=1S/C16H23N3O2/c1-3-18(4-2)10-11-21-16-7-8-17-12-15(16)19-9-5-6-14(20)13-19/h5,7-9,12H,3-4,6,10-11,13H2,1-2H3. The summed E-state index contributed by atoms with van der Waals surface area (Å²) in [6.07, 6.45) is 7.77. The molecule has 0 amide bonds. The highest BCUT2D eigenvalue weighted by atomic mass is 16.5. The van der Waals surface area contributed by atoms with Crippen LogP contribution in [0.3, 0.4) is 0 Å². The fourth-order valence-corrected chi connectivity index (χ4v) is 2.32. The van der Waals surface area contributed by atoms with Crippen molar-refractivity contribution in [2.75, 3.05) is 37.7 Å². The average molecular weight is 289 g/mol. The van der Waals surface area contributed by atoms with Gasteiger partial charge in [-0.2, -0.15) is 0 Å². The zero-order chi connectivity index (χ0) is 15.1. The lowest BCUT2D eigenvalue weighted by atomic mass is 10.2. The second-order valence-electron chi connectivity index (χ2n) is 4.97. The lowest BCUT2D eigenvalue weighted by Crippen LogP contribution is -2.29. The Kier molecular flexibility index (Phi) is 5.75. The Morgan fingerprint density at radius 2 is 2.19 bits per heavy atom. The van der Waals surface area contributed by atoms with Crippen molar-refractivity contribution in [3.63, 3.8) is 0 Å². The number of hydrogen-bond acceptors (Lipinski definition) is 5. The topological polar surface area (TPSA) is 45.7 Å². The van der Waals surface area contributed by atoms with Gasteiger partial charge in [0.2, 0.25) is 0 Å². The molecule has 0 N–H and O–H groups in total. The number of aromatic nitrogens is 1. The summed E-state index contributed by atoms with van der Waals surface area (Å²) in [5, 5.41) is 0. The second kappa shape index (κ2) is 7.78. The van der Waals surface area contributed by atoms with Crippen molar-refractivity contribution in [2.24, 2.45) is 0 Å². The molecule has 1 aromatic rings. The van der Waals surface area contributed by atoms with Gasteiger partial charge in [0.05, 0.1) is 12.7 Å². The van der Waals surface area contributed by atoms with E-state index < -0.39 is 0 Å². The smallest absolute Gasteiger partial charge is 0.156 e. The molecule has 0 atom stereocenters. The molecule has 1 aromatic heterocycles. The first kappa shape index (κ1) is 15.5. The van der Waals surface area contributed by atoms with Crippen LogP contribution in [0.2, 0.25) is 0 Å². The molecular formula is C16H23N3O2. The van der Waals surface area contributed by atoms with Crippen LogP contribution in [-0.2, 0) is 4.79 Å². The van der Waals surface area contributed by atoms with E-state index in [1.807, 2.05) is 23.2 Å². The van der Waals surface area contributed by atoms with Crippen molar-refractivity contribution in [3.05, 3.63) is 30.7 Å². The van der Waals surface area contributed by atoms with Crippen molar-refractivity contribution < 1.29 is 9.53 Å². The number of hydrogen-bond donors (Lipinski definition) is 0. The fourth-order valence-electron chi connectivity index (χ4n) is 2.32. The van der Waals surface area contributed by atoms with Crippen molar-refractivity contribution in [2.45, 2.75) is 20.3 Å². The Labute approximate surface area is 126 Å². The van der Waals surface area contributed by atoms with Gasteiger partial charge in [0.1, 0.15) is 18.0 Å². The zero-order valence-electron chi connectivity index (χ0n) is 12.8. The van der Waals surface area contributed by atoms with Crippen LogP contribution in [0.15, 0.2) is 30.7 Å². The van der Waals surface area contributed by atoms with Crippen molar-refractivity contribution >= 4 is 11.5 Å². The van der Waals surface area contributed by atoms with Gasteiger partial charge in [-0.1, -0.05) is 19.9 Å². The number of Topliss-reactive ketones (excluding diaryl/α,β-unsaturated/α-hetero) is 1. The highest BCUT2D eigenvalue weighted by Gasteiger charge is 2.16. The molecule has 2 heterocycles. The maximum Gasteiger partial charge on any atom is 0.156 e. The molecule has 0 unspecified atom stereocenters. The van der Waals surface area contributed by atoms with E-state index in [2.05, 4.69) is 23.7 Å². The molecule has 2 rings (SSSR count). The Balaban J connectivity index is 2.01. The number of pyridine rings is 1.